The van der Waals surface area contributed by atoms with E-state index in [-0.39, 0.29) is 0 Å². The van der Waals surface area contributed by atoms with E-state index in [4.69, 9.17) is 5.73 Å². The summed E-state index contributed by atoms with van der Waals surface area (Å²) in [5.74, 6) is 2.81. The summed E-state index contributed by atoms with van der Waals surface area (Å²) >= 11 is 0. The molecule has 1 heterocycles. The van der Waals surface area contributed by atoms with Gasteiger partial charge < -0.3 is 10.3 Å². The fourth-order valence-corrected chi connectivity index (χ4v) is 1.84. The number of rotatable bonds is 2. The molecule has 0 bridgehead atoms. The summed E-state index contributed by atoms with van der Waals surface area (Å²) < 4.78 is 2.06. The summed E-state index contributed by atoms with van der Waals surface area (Å²) in [5.41, 5.74) is 5.72. The smallest absolute Gasteiger partial charge is 0.133 e. The fraction of sp³-hybridized carbons (Fsp3) is 0.778. The first-order chi connectivity index (χ1) is 6.16. The first kappa shape index (κ1) is 8.69. The van der Waals surface area contributed by atoms with Crippen LogP contribution in [0.1, 0.15) is 24.5 Å². The summed E-state index contributed by atoms with van der Waals surface area (Å²) in [6, 6.07) is 0.430. The van der Waals surface area contributed by atoms with E-state index in [1.165, 1.54) is 0 Å². The molecule has 2 rings (SSSR count). The SMILES string of the molecule is Cc1nnc(CC2CC(N)C2)n1C. The van der Waals surface area contributed by atoms with E-state index in [9.17, 15) is 0 Å². The van der Waals surface area contributed by atoms with Gasteiger partial charge in [-0.1, -0.05) is 0 Å². The third-order valence-corrected chi connectivity index (χ3v) is 2.93. The molecule has 2 N–H and O–H groups in total. The van der Waals surface area contributed by atoms with Gasteiger partial charge in [0.2, 0.25) is 0 Å². The second kappa shape index (κ2) is 3.10. The molecule has 1 fully saturated rings. The van der Waals surface area contributed by atoms with Crippen LogP contribution in [0.5, 0.6) is 0 Å². The molecule has 0 aliphatic heterocycles. The average Bonchev–Trinajstić information content (AvgIpc) is 2.33. The maximum absolute atomic E-state index is 5.72. The molecular formula is C9H16N4. The zero-order valence-electron chi connectivity index (χ0n) is 8.20. The largest absolute Gasteiger partial charge is 0.328 e. The number of hydrogen-bond acceptors (Lipinski definition) is 3. The summed E-state index contributed by atoms with van der Waals surface area (Å²) in [4.78, 5) is 0. The third kappa shape index (κ3) is 1.58. The Morgan fingerprint density at radius 3 is 2.62 bits per heavy atom. The minimum absolute atomic E-state index is 0.430. The van der Waals surface area contributed by atoms with Crippen LogP contribution < -0.4 is 5.73 Å². The molecule has 1 aliphatic rings. The third-order valence-electron chi connectivity index (χ3n) is 2.93. The van der Waals surface area contributed by atoms with Gasteiger partial charge in [-0.3, -0.25) is 0 Å². The highest BCUT2D eigenvalue weighted by Crippen LogP contribution is 2.28. The molecule has 1 aromatic rings. The molecule has 0 saturated heterocycles. The van der Waals surface area contributed by atoms with Gasteiger partial charge in [-0.05, 0) is 25.7 Å². The van der Waals surface area contributed by atoms with Crippen LogP contribution in [0.2, 0.25) is 0 Å². The number of nitrogens with zero attached hydrogens (tertiary/aromatic N) is 3. The first-order valence-electron chi connectivity index (χ1n) is 4.77. The molecule has 1 aliphatic carbocycles. The Bertz CT molecular complexity index is 299. The molecule has 4 nitrogen and oxygen atoms in total. The van der Waals surface area contributed by atoms with Crippen molar-refractivity contribution in [3.8, 4) is 0 Å². The second-order valence-electron chi connectivity index (χ2n) is 4.02. The highest BCUT2D eigenvalue weighted by molar-refractivity contribution is 4.97. The highest BCUT2D eigenvalue weighted by atomic mass is 15.3. The molecule has 0 radical (unpaired) electrons. The van der Waals surface area contributed by atoms with Gasteiger partial charge >= 0.3 is 0 Å². The number of aromatic nitrogens is 3. The molecule has 1 saturated carbocycles. The molecule has 0 amide bonds. The minimum Gasteiger partial charge on any atom is -0.328 e. The van der Waals surface area contributed by atoms with Gasteiger partial charge in [0.05, 0.1) is 0 Å². The van der Waals surface area contributed by atoms with Crippen molar-refractivity contribution >= 4 is 0 Å². The lowest BCUT2D eigenvalue weighted by atomic mass is 9.79. The summed E-state index contributed by atoms with van der Waals surface area (Å²) in [5, 5.41) is 8.16. The van der Waals surface area contributed by atoms with Gasteiger partial charge in [0.1, 0.15) is 11.6 Å². The molecule has 4 heteroatoms. The normalized spacial score (nSPS) is 27.3. The van der Waals surface area contributed by atoms with Crippen LogP contribution in [-0.4, -0.2) is 20.8 Å². The van der Waals surface area contributed by atoms with Crippen LogP contribution >= 0.6 is 0 Å². The van der Waals surface area contributed by atoms with E-state index in [0.717, 1.165) is 36.8 Å². The van der Waals surface area contributed by atoms with E-state index in [1.807, 2.05) is 14.0 Å². The molecule has 0 atom stereocenters. The van der Waals surface area contributed by atoms with Crippen molar-refractivity contribution < 1.29 is 0 Å². The van der Waals surface area contributed by atoms with Crippen LogP contribution in [0.15, 0.2) is 0 Å². The van der Waals surface area contributed by atoms with Crippen molar-refractivity contribution in [1.82, 2.24) is 14.8 Å². The minimum atomic E-state index is 0.430. The Kier molecular flexibility index (Phi) is 2.07. The highest BCUT2D eigenvalue weighted by Gasteiger charge is 2.27. The van der Waals surface area contributed by atoms with Crippen LogP contribution in [0.4, 0.5) is 0 Å². The van der Waals surface area contributed by atoms with Crippen molar-refractivity contribution in [2.24, 2.45) is 18.7 Å². The molecule has 13 heavy (non-hydrogen) atoms. The van der Waals surface area contributed by atoms with E-state index in [2.05, 4.69) is 14.8 Å². The number of aryl methyl sites for hydroxylation is 1. The van der Waals surface area contributed by atoms with Gasteiger partial charge in [-0.2, -0.15) is 0 Å². The van der Waals surface area contributed by atoms with Crippen LogP contribution in [-0.2, 0) is 13.5 Å². The van der Waals surface area contributed by atoms with E-state index in [1.54, 1.807) is 0 Å². The van der Waals surface area contributed by atoms with Crippen molar-refractivity contribution in [3.63, 3.8) is 0 Å². The predicted molar refractivity (Wildman–Crippen MR) is 50.1 cm³/mol. The Balaban J connectivity index is 1.98. The molecule has 0 unspecified atom stereocenters. The standard InChI is InChI=1S/C9H16N4/c1-6-11-12-9(13(6)2)5-7-3-8(10)4-7/h7-8H,3-5,10H2,1-2H3. The second-order valence-corrected chi connectivity index (χ2v) is 4.02. The fourth-order valence-electron chi connectivity index (χ4n) is 1.84. The summed E-state index contributed by atoms with van der Waals surface area (Å²) in [7, 11) is 2.02. The zero-order valence-corrected chi connectivity index (χ0v) is 8.20. The van der Waals surface area contributed by atoms with E-state index < -0.39 is 0 Å². The quantitative estimate of drug-likeness (QED) is 0.717. The Morgan fingerprint density at radius 1 is 1.46 bits per heavy atom. The van der Waals surface area contributed by atoms with Crippen molar-refractivity contribution in [3.05, 3.63) is 11.6 Å². The Labute approximate surface area is 78.1 Å². The first-order valence-corrected chi connectivity index (χ1v) is 4.77. The van der Waals surface area contributed by atoms with Crippen molar-refractivity contribution in [2.45, 2.75) is 32.2 Å². The average molecular weight is 180 g/mol. The lowest BCUT2D eigenvalue weighted by Crippen LogP contribution is -2.37. The van der Waals surface area contributed by atoms with E-state index in [0.29, 0.717) is 6.04 Å². The van der Waals surface area contributed by atoms with Crippen LogP contribution in [0, 0.1) is 12.8 Å². The Morgan fingerprint density at radius 2 is 2.15 bits per heavy atom. The van der Waals surface area contributed by atoms with Crippen LogP contribution in [0.3, 0.4) is 0 Å². The molecular weight excluding hydrogens is 164 g/mol. The maximum atomic E-state index is 5.72. The topological polar surface area (TPSA) is 56.7 Å². The van der Waals surface area contributed by atoms with Gasteiger partial charge in [-0.15, -0.1) is 10.2 Å². The molecule has 0 spiro atoms. The van der Waals surface area contributed by atoms with Crippen molar-refractivity contribution in [2.75, 3.05) is 0 Å². The lowest BCUT2D eigenvalue weighted by molar-refractivity contribution is 0.259. The monoisotopic (exact) mass is 180 g/mol. The zero-order chi connectivity index (χ0) is 9.42. The lowest BCUT2D eigenvalue weighted by Gasteiger charge is -2.31. The molecule has 72 valence electrons. The van der Waals surface area contributed by atoms with Crippen molar-refractivity contribution in [1.29, 1.82) is 0 Å². The summed E-state index contributed by atoms with van der Waals surface area (Å²) in [6.45, 7) is 1.98. The Hall–Kier alpha value is -0.900. The van der Waals surface area contributed by atoms with Gasteiger partial charge in [0.25, 0.3) is 0 Å². The summed E-state index contributed by atoms with van der Waals surface area (Å²) in [6.07, 6.45) is 3.32. The van der Waals surface area contributed by atoms with Gasteiger partial charge in [0, 0.05) is 19.5 Å². The predicted octanol–water partition coefficient (Wildman–Crippen LogP) is 0.403. The van der Waals surface area contributed by atoms with Gasteiger partial charge in [0.15, 0.2) is 0 Å². The number of hydrogen-bond donors (Lipinski definition) is 1. The maximum Gasteiger partial charge on any atom is 0.133 e. The van der Waals surface area contributed by atoms with E-state index >= 15 is 0 Å². The van der Waals surface area contributed by atoms with Crippen LogP contribution in [0.25, 0.3) is 0 Å². The van der Waals surface area contributed by atoms with Gasteiger partial charge in [-0.25, -0.2) is 0 Å². The molecule has 1 aromatic heterocycles. The molecule has 0 aromatic carbocycles. The number of nitrogens with two attached hydrogens (primary N) is 1.